The Labute approximate surface area is 329 Å². The van der Waals surface area contributed by atoms with E-state index in [9.17, 15) is 29.4 Å². The SMILES string of the molecule is CC1(C)CC[C@]2(C(=O)O)CC[C@]3(COC(=O)/C=C/c4cc(O)ccc4NC(=O)/C=C/C(=O)O)C(=CCC4[C@@]5(C)CCC6(OCCO6)C(C)(C)C5CC[C@]43C)[C@@H]2C1. The summed E-state index contributed by atoms with van der Waals surface area (Å²) in [6, 6.07) is 4.23. The van der Waals surface area contributed by atoms with Gasteiger partial charge in [-0.25, -0.2) is 9.59 Å². The zero-order valence-corrected chi connectivity index (χ0v) is 33.7. The highest BCUT2D eigenvalue weighted by Crippen LogP contribution is 2.77. The molecule has 4 N–H and O–H groups in total. The van der Waals surface area contributed by atoms with Crippen LogP contribution in [0.1, 0.15) is 111 Å². The van der Waals surface area contributed by atoms with Crippen molar-refractivity contribution in [2.75, 3.05) is 25.1 Å². The molecular weight excluding hydrogens is 714 g/mol. The van der Waals surface area contributed by atoms with Gasteiger partial charge in [-0.05, 0) is 116 Å². The third kappa shape index (κ3) is 6.22. The molecule has 6 aliphatic rings. The Morgan fingerprint density at radius 3 is 2.29 bits per heavy atom. The summed E-state index contributed by atoms with van der Waals surface area (Å²) < 4.78 is 19.2. The smallest absolute Gasteiger partial charge is 0.330 e. The summed E-state index contributed by atoms with van der Waals surface area (Å²) in [7, 11) is 0. The van der Waals surface area contributed by atoms with Crippen LogP contribution in [0.3, 0.4) is 0 Å². The molecule has 304 valence electrons. The molecule has 11 nitrogen and oxygen atoms in total. The molecule has 1 aromatic rings. The second-order valence-corrected chi connectivity index (χ2v) is 19.5. The molecule has 1 aromatic carbocycles. The summed E-state index contributed by atoms with van der Waals surface area (Å²) in [5.41, 5.74) is -0.271. The Bertz CT molecular complexity index is 1890. The third-order valence-electron chi connectivity index (χ3n) is 16.1. The van der Waals surface area contributed by atoms with Crippen LogP contribution in [0.25, 0.3) is 6.08 Å². The molecule has 5 aliphatic carbocycles. The van der Waals surface area contributed by atoms with Crippen molar-refractivity contribution in [1.29, 1.82) is 0 Å². The summed E-state index contributed by atoms with van der Waals surface area (Å²) in [5.74, 6) is -3.52. The lowest BCUT2D eigenvalue weighted by atomic mass is 9.33. The van der Waals surface area contributed by atoms with Gasteiger partial charge in [-0.15, -0.1) is 0 Å². The number of aromatic hydroxyl groups is 1. The standard InChI is InChI=1S/C45H59NO10/c1-39(2)17-19-43(38(52)53)20-21-44(27-54-37(51)14-7-28-25-29(47)8-10-32(28)46-35(48)12-13-36(49)50)30(31(43)26-39)9-11-34-41(5)18-22-45(55-23-24-56-45)40(3,4)33(41)15-16-42(34,44)6/h7-10,12-14,25,31,33-34,47H,11,15-24,26-27H2,1-6H3,(H,46,48)(H,49,50)(H,52,53)/b13-12+,14-7+/t31-,33?,34?,41-,42+,43-,44-/m0/s1. The minimum absolute atomic E-state index is 0.0326. The van der Waals surface area contributed by atoms with E-state index in [4.69, 9.17) is 19.3 Å². The molecule has 1 spiro atoms. The van der Waals surface area contributed by atoms with Gasteiger partial charge in [0.05, 0.1) is 18.6 Å². The van der Waals surface area contributed by atoms with Crippen LogP contribution in [-0.4, -0.2) is 64.7 Å². The lowest BCUT2D eigenvalue weighted by Crippen LogP contribution is -2.68. The number of benzene rings is 1. The number of carbonyl (C=O) groups excluding carboxylic acids is 2. The third-order valence-corrected chi connectivity index (χ3v) is 16.1. The van der Waals surface area contributed by atoms with Crippen molar-refractivity contribution in [3.63, 3.8) is 0 Å². The van der Waals surface area contributed by atoms with Crippen molar-refractivity contribution in [2.24, 2.45) is 50.2 Å². The fourth-order valence-electron chi connectivity index (χ4n) is 13.2. The first-order valence-corrected chi connectivity index (χ1v) is 20.4. The number of allylic oxidation sites excluding steroid dienone is 1. The zero-order chi connectivity index (χ0) is 40.5. The minimum atomic E-state index is -1.27. The van der Waals surface area contributed by atoms with Crippen LogP contribution in [0, 0.1) is 50.2 Å². The van der Waals surface area contributed by atoms with Gasteiger partial charge in [0, 0.05) is 46.7 Å². The van der Waals surface area contributed by atoms with E-state index in [0.29, 0.717) is 44.0 Å². The second-order valence-electron chi connectivity index (χ2n) is 19.5. The summed E-state index contributed by atoms with van der Waals surface area (Å²) in [4.78, 5) is 50.4. The number of carboxylic acids is 2. The van der Waals surface area contributed by atoms with E-state index in [1.807, 2.05) is 0 Å². The van der Waals surface area contributed by atoms with E-state index in [1.165, 1.54) is 30.4 Å². The molecule has 0 bridgehead atoms. The minimum Gasteiger partial charge on any atom is -0.508 e. The van der Waals surface area contributed by atoms with Gasteiger partial charge >= 0.3 is 17.9 Å². The van der Waals surface area contributed by atoms with Gasteiger partial charge in [-0.3, -0.25) is 9.59 Å². The number of esters is 1. The number of rotatable bonds is 8. The quantitative estimate of drug-likeness (QED) is 0.0876. The second kappa shape index (κ2) is 13.9. The van der Waals surface area contributed by atoms with Crippen LogP contribution in [-0.2, 0) is 33.4 Å². The van der Waals surface area contributed by atoms with Crippen LogP contribution >= 0.6 is 0 Å². The number of carboxylic acid groups (broad SMARTS) is 2. The number of aliphatic carboxylic acids is 2. The predicted molar refractivity (Wildman–Crippen MR) is 209 cm³/mol. The monoisotopic (exact) mass is 773 g/mol. The number of hydrogen-bond donors (Lipinski definition) is 4. The predicted octanol–water partition coefficient (Wildman–Crippen LogP) is 8.14. The highest BCUT2D eigenvalue weighted by Gasteiger charge is 2.73. The van der Waals surface area contributed by atoms with Crippen LogP contribution in [0.4, 0.5) is 5.69 Å². The number of phenols is 1. The summed E-state index contributed by atoms with van der Waals surface area (Å²) in [6.07, 6.45) is 14.6. The van der Waals surface area contributed by atoms with Crippen molar-refractivity contribution in [1.82, 2.24) is 0 Å². The van der Waals surface area contributed by atoms with Crippen molar-refractivity contribution in [2.45, 2.75) is 112 Å². The molecular formula is C45H59NO10. The van der Waals surface area contributed by atoms with Crippen molar-refractivity contribution in [3.8, 4) is 5.75 Å². The molecule has 7 atom stereocenters. The number of nitrogens with one attached hydrogen (secondary N) is 1. The summed E-state index contributed by atoms with van der Waals surface area (Å²) in [6.45, 7) is 15.3. The number of carbonyl (C=O) groups is 4. The van der Waals surface area contributed by atoms with Gasteiger partial charge in [0.25, 0.3) is 0 Å². The van der Waals surface area contributed by atoms with E-state index in [0.717, 1.165) is 62.7 Å². The van der Waals surface area contributed by atoms with E-state index >= 15 is 0 Å². The molecule has 1 heterocycles. The Balaban J connectivity index is 1.23. The molecule has 56 heavy (non-hydrogen) atoms. The molecule has 1 amide bonds. The van der Waals surface area contributed by atoms with Gasteiger partial charge in [-0.1, -0.05) is 53.2 Å². The largest absolute Gasteiger partial charge is 0.508 e. The first-order chi connectivity index (χ1) is 26.2. The molecule has 0 aromatic heterocycles. The van der Waals surface area contributed by atoms with Gasteiger partial charge in [0.2, 0.25) is 5.91 Å². The van der Waals surface area contributed by atoms with Crippen LogP contribution in [0.2, 0.25) is 0 Å². The number of fused-ring (bicyclic) bond motifs is 7. The zero-order valence-electron chi connectivity index (χ0n) is 33.7. The van der Waals surface area contributed by atoms with Crippen LogP contribution < -0.4 is 5.32 Å². The molecule has 5 fully saturated rings. The molecule has 1 saturated heterocycles. The molecule has 2 unspecified atom stereocenters. The Hall–Kier alpha value is -3.96. The molecule has 1 aliphatic heterocycles. The molecule has 4 saturated carbocycles. The highest BCUT2D eigenvalue weighted by atomic mass is 16.7. The van der Waals surface area contributed by atoms with Gasteiger partial charge in [0.15, 0.2) is 5.79 Å². The fourth-order valence-corrected chi connectivity index (χ4v) is 13.2. The average molecular weight is 774 g/mol. The van der Waals surface area contributed by atoms with E-state index in [-0.39, 0.29) is 51.5 Å². The summed E-state index contributed by atoms with van der Waals surface area (Å²) >= 11 is 0. The van der Waals surface area contributed by atoms with E-state index in [2.05, 4.69) is 52.9 Å². The highest BCUT2D eigenvalue weighted by molar-refractivity contribution is 6.03. The van der Waals surface area contributed by atoms with Gasteiger partial charge in [0.1, 0.15) is 12.4 Å². The maximum atomic E-state index is 13.8. The topological polar surface area (TPSA) is 169 Å². The lowest BCUT2D eigenvalue weighted by Gasteiger charge is -2.72. The summed E-state index contributed by atoms with van der Waals surface area (Å²) in [5, 5.41) is 32.7. The number of hydrogen-bond acceptors (Lipinski definition) is 8. The number of phenolic OH excluding ortho intramolecular Hbond substituents is 1. The van der Waals surface area contributed by atoms with Gasteiger partial charge < -0.3 is 34.8 Å². The van der Waals surface area contributed by atoms with Crippen molar-refractivity contribution < 1.29 is 48.7 Å². The molecule has 11 heteroatoms. The first-order valence-electron chi connectivity index (χ1n) is 20.4. The fraction of sp³-hybridized carbons (Fsp3) is 0.644. The van der Waals surface area contributed by atoms with Crippen LogP contribution in [0.5, 0.6) is 5.75 Å². The maximum Gasteiger partial charge on any atom is 0.330 e. The maximum absolute atomic E-state index is 13.8. The number of amides is 1. The van der Waals surface area contributed by atoms with Crippen LogP contribution in [0.15, 0.2) is 48.1 Å². The molecule has 0 radical (unpaired) electrons. The molecule has 7 rings (SSSR count). The Morgan fingerprint density at radius 1 is 0.875 bits per heavy atom. The Morgan fingerprint density at radius 2 is 1.59 bits per heavy atom. The normalized spacial score (nSPS) is 36.5. The Kier molecular flexibility index (Phi) is 9.96. The van der Waals surface area contributed by atoms with E-state index < -0.39 is 40.4 Å². The lowest BCUT2D eigenvalue weighted by molar-refractivity contribution is -0.308. The average Bonchev–Trinajstić information content (AvgIpc) is 3.62. The van der Waals surface area contributed by atoms with Crippen molar-refractivity contribution in [3.05, 3.63) is 53.6 Å². The number of ether oxygens (including phenoxy) is 3. The van der Waals surface area contributed by atoms with Crippen molar-refractivity contribution >= 4 is 35.6 Å². The van der Waals surface area contributed by atoms with Gasteiger partial charge in [-0.2, -0.15) is 0 Å². The number of anilines is 1. The first kappa shape index (κ1) is 40.2. The van der Waals surface area contributed by atoms with E-state index in [1.54, 1.807) is 0 Å².